The van der Waals surface area contributed by atoms with Crippen LogP contribution in [0.4, 0.5) is 0 Å². The van der Waals surface area contributed by atoms with Gasteiger partial charge in [-0.05, 0) is 64.0 Å². The highest BCUT2D eigenvalue weighted by Gasteiger charge is 2.20. The predicted octanol–water partition coefficient (Wildman–Crippen LogP) is 4.08. The number of hydrogen-bond donors (Lipinski definition) is 1. The summed E-state index contributed by atoms with van der Waals surface area (Å²) in [4.78, 5) is 0. The molecule has 120 valence electrons. The van der Waals surface area contributed by atoms with Crippen LogP contribution in [0, 0.1) is 25.7 Å². The summed E-state index contributed by atoms with van der Waals surface area (Å²) in [5.74, 6) is 1.81. The summed E-state index contributed by atoms with van der Waals surface area (Å²) in [6.45, 7) is 11.1. The second-order valence-electron chi connectivity index (χ2n) is 7.17. The molecule has 1 aromatic heterocycles. The second kappa shape index (κ2) is 7.98. The molecular weight excluding hydrogens is 258 g/mol. The van der Waals surface area contributed by atoms with Gasteiger partial charge in [-0.3, -0.25) is 4.68 Å². The van der Waals surface area contributed by atoms with Crippen LogP contribution in [0.5, 0.6) is 0 Å². The largest absolute Gasteiger partial charge is 0.314 e. The summed E-state index contributed by atoms with van der Waals surface area (Å²) >= 11 is 0. The SMILES string of the molecule is Cc1cc(C)n(CCCNC2CCCC(C(C)C)CC2)n1. The lowest BCUT2D eigenvalue weighted by Gasteiger charge is -2.19. The topological polar surface area (TPSA) is 29.9 Å². The molecule has 21 heavy (non-hydrogen) atoms. The van der Waals surface area contributed by atoms with Crippen molar-refractivity contribution in [2.24, 2.45) is 11.8 Å². The minimum absolute atomic E-state index is 0.745. The predicted molar refractivity (Wildman–Crippen MR) is 89.5 cm³/mol. The van der Waals surface area contributed by atoms with Crippen LogP contribution in [-0.4, -0.2) is 22.4 Å². The number of nitrogens with one attached hydrogen (secondary N) is 1. The second-order valence-corrected chi connectivity index (χ2v) is 7.17. The van der Waals surface area contributed by atoms with Crippen LogP contribution in [0.25, 0.3) is 0 Å². The zero-order valence-corrected chi connectivity index (χ0v) is 14.4. The van der Waals surface area contributed by atoms with Crippen LogP contribution in [0.1, 0.15) is 63.8 Å². The van der Waals surface area contributed by atoms with Crippen LogP contribution in [-0.2, 0) is 6.54 Å². The van der Waals surface area contributed by atoms with Crippen molar-refractivity contribution in [1.29, 1.82) is 0 Å². The minimum atomic E-state index is 0.745. The molecule has 1 aliphatic carbocycles. The zero-order valence-electron chi connectivity index (χ0n) is 14.4. The van der Waals surface area contributed by atoms with Gasteiger partial charge in [0.05, 0.1) is 5.69 Å². The van der Waals surface area contributed by atoms with E-state index in [1.54, 1.807) is 0 Å². The van der Waals surface area contributed by atoms with Gasteiger partial charge < -0.3 is 5.32 Å². The molecule has 0 radical (unpaired) electrons. The summed E-state index contributed by atoms with van der Waals surface area (Å²) in [7, 11) is 0. The lowest BCUT2D eigenvalue weighted by atomic mass is 9.89. The Hall–Kier alpha value is -0.830. The highest BCUT2D eigenvalue weighted by Crippen LogP contribution is 2.28. The van der Waals surface area contributed by atoms with Crippen LogP contribution in [0.2, 0.25) is 0 Å². The van der Waals surface area contributed by atoms with Crippen molar-refractivity contribution in [2.45, 2.75) is 78.8 Å². The van der Waals surface area contributed by atoms with Crippen molar-refractivity contribution in [1.82, 2.24) is 15.1 Å². The maximum absolute atomic E-state index is 4.53. The summed E-state index contributed by atoms with van der Waals surface area (Å²) in [6, 6.07) is 2.90. The average Bonchev–Trinajstić information content (AvgIpc) is 2.65. The molecule has 0 aliphatic heterocycles. The van der Waals surface area contributed by atoms with Gasteiger partial charge >= 0.3 is 0 Å². The van der Waals surface area contributed by atoms with Gasteiger partial charge in [-0.2, -0.15) is 5.10 Å². The molecule has 3 nitrogen and oxygen atoms in total. The third kappa shape index (κ3) is 5.14. The first kappa shape index (κ1) is 16.5. The monoisotopic (exact) mass is 291 g/mol. The molecule has 1 saturated carbocycles. The van der Waals surface area contributed by atoms with Crippen molar-refractivity contribution < 1.29 is 0 Å². The van der Waals surface area contributed by atoms with Crippen molar-refractivity contribution in [3.63, 3.8) is 0 Å². The van der Waals surface area contributed by atoms with Crippen LogP contribution >= 0.6 is 0 Å². The smallest absolute Gasteiger partial charge is 0.0596 e. The van der Waals surface area contributed by atoms with E-state index in [9.17, 15) is 0 Å². The van der Waals surface area contributed by atoms with Crippen molar-refractivity contribution in [3.05, 3.63) is 17.5 Å². The van der Waals surface area contributed by atoms with Crippen LogP contribution in [0.3, 0.4) is 0 Å². The molecule has 3 heteroatoms. The fraction of sp³-hybridized carbons (Fsp3) is 0.833. The van der Waals surface area contributed by atoms with Crippen molar-refractivity contribution in [3.8, 4) is 0 Å². The van der Waals surface area contributed by atoms with Gasteiger partial charge in [0.25, 0.3) is 0 Å². The molecule has 0 aromatic carbocycles. The highest BCUT2D eigenvalue weighted by molar-refractivity contribution is 5.06. The Morgan fingerprint density at radius 1 is 1.24 bits per heavy atom. The molecule has 0 amide bonds. The van der Waals surface area contributed by atoms with E-state index in [0.717, 1.165) is 36.7 Å². The van der Waals surface area contributed by atoms with Gasteiger partial charge in [0.15, 0.2) is 0 Å². The first-order valence-corrected chi connectivity index (χ1v) is 8.80. The number of nitrogens with zero attached hydrogens (tertiary/aromatic N) is 2. The van der Waals surface area contributed by atoms with E-state index in [1.807, 2.05) is 0 Å². The Kier molecular flexibility index (Phi) is 6.28. The Bertz CT molecular complexity index is 422. The fourth-order valence-electron chi connectivity index (χ4n) is 3.64. The molecule has 2 unspecified atom stereocenters. The van der Waals surface area contributed by atoms with E-state index < -0.39 is 0 Å². The number of aromatic nitrogens is 2. The maximum Gasteiger partial charge on any atom is 0.0596 e. The Morgan fingerprint density at radius 2 is 2.05 bits per heavy atom. The van der Waals surface area contributed by atoms with Gasteiger partial charge in [0, 0.05) is 18.3 Å². The van der Waals surface area contributed by atoms with Gasteiger partial charge in [-0.15, -0.1) is 0 Å². The van der Waals surface area contributed by atoms with Gasteiger partial charge in [-0.25, -0.2) is 0 Å². The minimum Gasteiger partial charge on any atom is -0.314 e. The lowest BCUT2D eigenvalue weighted by Crippen LogP contribution is -2.30. The Morgan fingerprint density at radius 3 is 2.71 bits per heavy atom. The normalized spacial score (nSPS) is 23.5. The molecule has 1 fully saturated rings. The van der Waals surface area contributed by atoms with Gasteiger partial charge in [0.1, 0.15) is 0 Å². The van der Waals surface area contributed by atoms with Crippen LogP contribution in [0.15, 0.2) is 6.07 Å². The molecule has 1 aliphatic rings. The number of hydrogen-bond acceptors (Lipinski definition) is 2. The molecule has 2 atom stereocenters. The Labute approximate surface area is 130 Å². The summed E-state index contributed by atoms with van der Waals surface area (Å²) < 4.78 is 2.14. The molecule has 1 aromatic rings. The molecule has 0 spiro atoms. The third-order valence-electron chi connectivity index (χ3n) is 5.04. The van der Waals surface area contributed by atoms with E-state index in [4.69, 9.17) is 0 Å². The maximum atomic E-state index is 4.53. The molecule has 0 bridgehead atoms. The molecule has 0 saturated heterocycles. The van der Waals surface area contributed by atoms with E-state index in [-0.39, 0.29) is 0 Å². The lowest BCUT2D eigenvalue weighted by molar-refractivity contribution is 0.337. The first-order valence-electron chi connectivity index (χ1n) is 8.80. The van der Waals surface area contributed by atoms with Crippen LogP contribution < -0.4 is 5.32 Å². The third-order valence-corrected chi connectivity index (χ3v) is 5.04. The van der Waals surface area contributed by atoms with Gasteiger partial charge in [-0.1, -0.05) is 26.7 Å². The van der Waals surface area contributed by atoms with E-state index in [0.29, 0.717) is 0 Å². The average molecular weight is 291 g/mol. The fourth-order valence-corrected chi connectivity index (χ4v) is 3.64. The summed E-state index contributed by atoms with van der Waals surface area (Å²) in [5.41, 5.74) is 2.41. The standard InChI is InChI=1S/C18H33N3/c1-14(2)17-7-5-8-18(10-9-17)19-11-6-12-21-16(4)13-15(3)20-21/h13-14,17-19H,5-12H2,1-4H3. The quantitative estimate of drug-likeness (QED) is 0.632. The van der Waals surface area contributed by atoms with E-state index >= 15 is 0 Å². The van der Waals surface area contributed by atoms with E-state index in [2.05, 4.69) is 48.9 Å². The first-order chi connectivity index (χ1) is 10.1. The van der Waals surface area contributed by atoms with Crippen molar-refractivity contribution >= 4 is 0 Å². The van der Waals surface area contributed by atoms with Crippen molar-refractivity contribution in [2.75, 3.05) is 6.54 Å². The molecule has 2 rings (SSSR count). The number of rotatable bonds is 6. The molecular formula is C18H33N3. The molecule has 1 N–H and O–H groups in total. The zero-order chi connectivity index (χ0) is 15.2. The number of aryl methyl sites for hydroxylation is 3. The molecule has 1 heterocycles. The highest BCUT2D eigenvalue weighted by atomic mass is 15.3. The summed E-state index contributed by atoms with van der Waals surface area (Å²) in [5, 5.41) is 8.30. The van der Waals surface area contributed by atoms with E-state index in [1.165, 1.54) is 44.2 Å². The Balaban J connectivity index is 1.66. The van der Waals surface area contributed by atoms with Gasteiger partial charge in [0.2, 0.25) is 0 Å². The summed E-state index contributed by atoms with van der Waals surface area (Å²) in [6.07, 6.45) is 8.14.